The molecule has 1 heterocycles. The number of fused-ring (bicyclic) bond motifs is 1. The second kappa shape index (κ2) is 2.87. The molecule has 1 saturated carbocycles. The predicted octanol–water partition coefficient (Wildman–Crippen LogP) is 1.71. The molecular weight excluding hydrogens is 294 g/mol. The Labute approximate surface area is 101 Å². The zero-order chi connectivity index (χ0) is 11.6. The second-order valence-corrected chi connectivity index (χ2v) is 7.24. The van der Waals surface area contributed by atoms with E-state index in [1.165, 1.54) is 0 Å². The molecule has 1 aromatic carbocycles. The fraction of sp³-hybridized carbons (Fsp3) is 0.300. The molecule has 0 unspecified atom stereocenters. The minimum Gasteiger partial charge on any atom is -0.324 e. The molecule has 1 amide bonds. The van der Waals surface area contributed by atoms with Crippen molar-refractivity contribution in [2.75, 3.05) is 5.32 Å². The zero-order valence-electron chi connectivity index (χ0n) is 8.16. The molecule has 0 radical (unpaired) electrons. The average molecular weight is 302 g/mol. The van der Waals surface area contributed by atoms with Gasteiger partial charge in [0.15, 0.2) is 14.6 Å². The van der Waals surface area contributed by atoms with Crippen LogP contribution < -0.4 is 5.32 Å². The highest BCUT2D eigenvalue weighted by molar-refractivity contribution is 9.10. The van der Waals surface area contributed by atoms with E-state index in [9.17, 15) is 13.2 Å². The molecule has 1 aliphatic carbocycles. The van der Waals surface area contributed by atoms with Crippen molar-refractivity contribution in [3.8, 4) is 0 Å². The molecule has 0 saturated heterocycles. The number of sulfone groups is 1. The third-order valence-electron chi connectivity index (χ3n) is 3.11. The number of carbonyl (C=O) groups excluding carboxylic acids is 1. The van der Waals surface area contributed by atoms with Crippen molar-refractivity contribution >= 4 is 37.4 Å². The molecule has 1 N–H and O–H groups in total. The highest BCUT2D eigenvalue weighted by Gasteiger charge is 2.63. The fourth-order valence-electron chi connectivity index (χ4n) is 2.00. The lowest BCUT2D eigenvalue weighted by molar-refractivity contribution is -0.116. The molecule has 1 aromatic rings. The van der Waals surface area contributed by atoms with Gasteiger partial charge in [-0.25, -0.2) is 8.42 Å². The summed E-state index contributed by atoms with van der Waals surface area (Å²) in [7, 11) is -3.52. The molecule has 16 heavy (non-hydrogen) atoms. The third kappa shape index (κ3) is 1.09. The first kappa shape index (κ1) is 10.3. The van der Waals surface area contributed by atoms with Crippen LogP contribution in [0, 0.1) is 0 Å². The lowest BCUT2D eigenvalue weighted by atomic mass is 10.3. The summed E-state index contributed by atoms with van der Waals surface area (Å²) in [6.07, 6.45) is 0.847. The quantitative estimate of drug-likeness (QED) is 0.793. The van der Waals surface area contributed by atoms with Crippen LogP contribution in [0.3, 0.4) is 0 Å². The molecule has 3 rings (SSSR count). The summed E-state index contributed by atoms with van der Waals surface area (Å²) in [6, 6.07) is 4.85. The van der Waals surface area contributed by atoms with Crippen molar-refractivity contribution in [2.24, 2.45) is 0 Å². The van der Waals surface area contributed by atoms with Crippen LogP contribution in [0.4, 0.5) is 5.69 Å². The number of rotatable bonds is 0. The van der Waals surface area contributed by atoms with Gasteiger partial charge in [0.2, 0.25) is 5.91 Å². The monoisotopic (exact) mass is 301 g/mol. The van der Waals surface area contributed by atoms with Gasteiger partial charge in [0.25, 0.3) is 0 Å². The van der Waals surface area contributed by atoms with E-state index >= 15 is 0 Å². The standard InChI is InChI=1S/C10H8BrNO3S/c11-6-1-2-7-8(5-6)16(14,15)10(3-4-10)9(13)12-7/h1-2,5H,3-4H2,(H,12,13). The van der Waals surface area contributed by atoms with Crippen LogP contribution in [-0.4, -0.2) is 19.1 Å². The lowest BCUT2D eigenvalue weighted by Gasteiger charge is -2.24. The van der Waals surface area contributed by atoms with E-state index in [2.05, 4.69) is 21.2 Å². The number of hydrogen-bond acceptors (Lipinski definition) is 3. The normalized spacial score (nSPS) is 23.7. The van der Waals surface area contributed by atoms with E-state index < -0.39 is 14.6 Å². The molecule has 0 atom stereocenters. The molecule has 0 aromatic heterocycles. The van der Waals surface area contributed by atoms with Crippen LogP contribution >= 0.6 is 15.9 Å². The van der Waals surface area contributed by atoms with Gasteiger partial charge in [-0.05, 0) is 31.0 Å². The molecule has 1 fully saturated rings. The second-order valence-electron chi connectivity index (χ2n) is 4.09. The Bertz CT molecular complexity index is 604. The summed E-state index contributed by atoms with van der Waals surface area (Å²) in [4.78, 5) is 12.0. The number of halogens is 1. The van der Waals surface area contributed by atoms with Gasteiger partial charge in [0.05, 0.1) is 10.6 Å². The van der Waals surface area contributed by atoms with Gasteiger partial charge in [0, 0.05) is 4.47 Å². The molecule has 0 bridgehead atoms. The molecule has 84 valence electrons. The Kier molecular flexibility index (Phi) is 1.84. The van der Waals surface area contributed by atoms with E-state index in [0.29, 0.717) is 23.0 Å². The van der Waals surface area contributed by atoms with Crippen LogP contribution in [0.15, 0.2) is 27.6 Å². The molecule has 6 heteroatoms. The van der Waals surface area contributed by atoms with Crippen molar-refractivity contribution in [1.82, 2.24) is 0 Å². The van der Waals surface area contributed by atoms with Gasteiger partial charge in [-0.15, -0.1) is 0 Å². The highest BCUT2D eigenvalue weighted by atomic mass is 79.9. The van der Waals surface area contributed by atoms with Crippen molar-refractivity contribution < 1.29 is 13.2 Å². The van der Waals surface area contributed by atoms with E-state index in [-0.39, 0.29) is 10.8 Å². The summed E-state index contributed by atoms with van der Waals surface area (Å²) < 4.78 is 24.1. The zero-order valence-corrected chi connectivity index (χ0v) is 10.6. The minimum atomic E-state index is -3.52. The number of anilines is 1. The number of benzene rings is 1. The average Bonchev–Trinajstić information content (AvgIpc) is 2.99. The van der Waals surface area contributed by atoms with E-state index in [1.54, 1.807) is 18.2 Å². The summed E-state index contributed by atoms with van der Waals surface area (Å²) >= 11 is 3.24. The van der Waals surface area contributed by atoms with Crippen molar-refractivity contribution in [3.63, 3.8) is 0 Å². The molecular formula is C10H8BrNO3S. The van der Waals surface area contributed by atoms with Gasteiger partial charge >= 0.3 is 0 Å². The maximum atomic E-state index is 12.3. The number of amides is 1. The van der Waals surface area contributed by atoms with E-state index in [1.807, 2.05) is 0 Å². The third-order valence-corrected chi connectivity index (χ3v) is 6.15. The van der Waals surface area contributed by atoms with Gasteiger partial charge in [0.1, 0.15) is 0 Å². The van der Waals surface area contributed by atoms with Crippen LogP contribution in [0.5, 0.6) is 0 Å². The topological polar surface area (TPSA) is 63.2 Å². The Morgan fingerprint density at radius 1 is 1.31 bits per heavy atom. The van der Waals surface area contributed by atoms with Gasteiger partial charge in [-0.3, -0.25) is 4.79 Å². The number of hydrogen-bond donors (Lipinski definition) is 1. The summed E-state index contributed by atoms with van der Waals surface area (Å²) in [6.45, 7) is 0. The van der Waals surface area contributed by atoms with Gasteiger partial charge in [-0.1, -0.05) is 15.9 Å². The SMILES string of the molecule is O=C1Nc2ccc(Br)cc2S(=O)(=O)C12CC2. The van der Waals surface area contributed by atoms with Crippen molar-refractivity contribution in [2.45, 2.75) is 22.5 Å². The van der Waals surface area contributed by atoms with E-state index in [0.717, 1.165) is 0 Å². The molecule has 4 nitrogen and oxygen atoms in total. The first-order chi connectivity index (χ1) is 7.47. The maximum Gasteiger partial charge on any atom is 0.246 e. The Morgan fingerprint density at radius 2 is 2.00 bits per heavy atom. The van der Waals surface area contributed by atoms with Crippen LogP contribution in [0.2, 0.25) is 0 Å². The van der Waals surface area contributed by atoms with Gasteiger partial charge < -0.3 is 5.32 Å². The van der Waals surface area contributed by atoms with Crippen molar-refractivity contribution in [1.29, 1.82) is 0 Å². The first-order valence-electron chi connectivity index (χ1n) is 4.83. The number of nitrogens with one attached hydrogen (secondary N) is 1. The van der Waals surface area contributed by atoms with Crippen LogP contribution in [0.1, 0.15) is 12.8 Å². The fourth-order valence-corrected chi connectivity index (χ4v) is 4.56. The summed E-state index contributed by atoms with van der Waals surface area (Å²) in [5, 5.41) is 2.66. The van der Waals surface area contributed by atoms with Crippen LogP contribution in [-0.2, 0) is 14.6 Å². The smallest absolute Gasteiger partial charge is 0.246 e. The Morgan fingerprint density at radius 3 is 2.62 bits per heavy atom. The first-order valence-corrected chi connectivity index (χ1v) is 7.11. The maximum absolute atomic E-state index is 12.3. The summed E-state index contributed by atoms with van der Waals surface area (Å²) in [5.74, 6) is -0.387. The highest BCUT2D eigenvalue weighted by Crippen LogP contribution is 2.51. The molecule has 1 spiro atoms. The molecule has 2 aliphatic rings. The Balaban J connectivity index is 2.32. The molecule has 1 aliphatic heterocycles. The van der Waals surface area contributed by atoms with Crippen LogP contribution in [0.25, 0.3) is 0 Å². The minimum absolute atomic E-state index is 0.221. The van der Waals surface area contributed by atoms with Gasteiger partial charge in [-0.2, -0.15) is 0 Å². The predicted molar refractivity (Wildman–Crippen MR) is 61.9 cm³/mol. The lowest BCUT2D eigenvalue weighted by Crippen LogP contribution is -2.41. The van der Waals surface area contributed by atoms with E-state index in [4.69, 9.17) is 0 Å². The summed E-state index contributed by atoms with van der Waals surface area (Å²) in [5.41, 5.74) is 0.380. The Hall–Kier alpha value is -0.880. The largest absolute Gasteiger partial charge is 0.324 e. The number of carbonyl (C=O) groups is 1. The van der Waals surface area contributed by atoms with Crippen molar-refractivity contribution in [3.05, 3.63) is 22.7 Å².